The van der Waals surface area contributed by atoms with Crippen LogP contribution in [-0.2, 0) is 16.4 Å². The molecule has 0 aliphatic rings. The predicted octanol–water partition coefficient (Wildman–Crippen LogP) is 9.29. The van der Waals surface area contributed by atoms with Crippen LogP contribution in [0.5, 0.6) is 0 Å². The third kappa shape index (κ3) is 14.0. The molecule has 182 valence electrons. The van der Waals surface area contributed by atoms with Gasteiger partial charge < -0.3 is 0 Å². The second-order valence-electron chi connectivity index (χ2n) is 9.36. The van der Waals surface area contributed by atoms with E-state index < -0.39 is 48.9 Å². The first-order chi connectivity index (χ1) is 14.5. The molecule has 0 aliphatic carbocycles. The van der Waals surface area contributed by atoms with Gasteiger partial charge in [0.1, 0.15) is 0 Å². The quantitative estimate of drug-likeness (QED) is 0.109. The summed E-state index contributed by atoms with van der Waals surface area (Å²) in [5, 5.41) is 0. The van der Waals surface area contributed by atoms with Crippen LogP contribution in [-0.4, -0.2) is 41.8 Å². The van der Waals surface area contributed by atoms with Gasteiger partial charge in [-0.05, 0) is 0 Å². The van der Waals surface area contributed by atoms with Gasteiger partial charge in [-0.15, -0.1) is 0 Å². The van der Waals surface area contributed by atoms with Gasteiger partial charge >= 0.3 is 203 Å². The molecule has 0 atom stereocenters. The average molecular weight is 660 g/mol. The van der Waals surface area contributed by atoms with Crippen LogP contribution < -0.4 is 0 Å². The maximum atomic E-state index is 13.4. The van der Waals surface area contributed by atoms with Crippen LogP contribution in [0.2, 0.25) is 26.6 Å². The molecule has 0 bridgehead atoms. The van der Waals surface area contributed by atoms with Crippen LogP contribution in [0.4, 0.5) is 0 Å². The summed E-state index contributed by atoms with van der Waals surface area (Å²) < 4.78 is 34.1. The monoisotopic (exact) mass is 662 g/mol. The van der Waals surface area contributed by atoms with Crippen LogP contribution in [0.25, 0.3) is 0 Å². The van der Waals surface area contributed by atoms with Gasteiger partial charge in [0.25, 0.3) is 0 Å². The first-order valence-electron chi connectivity index (χ1n) is 13.3. The first kappa shape index (κ1) is 31.7. The minimum atomic E-state index is -2.90. The van der Waals surface area contributed by atoms with Crippen molar-refractivity contribution in [2.24, 2.45) is 0 Å². The molecule has 6 heteroatoms. The molecule has 0 spiro atoms. The molecular weight excluding hydrogens is 606 g/mol. The molecule has 0 aromatic carbocycles. The Morgan fingerprint density at radius 1 is 0.467 bits per heavy atom. The average Bonchev–Trinajstić information content (AvgIpc) is 2.75. The number of rotatable bonds is 22. The topological polar surface area (TPSA) is 35.5 Å². The molecule has 0 aliphatic heterocycles. The molecule has 0 heterocycles. The van der Waals surface area contributed by atoms with Gasteiger partial charge in [-0.2, -0.15) is 0 Å². The number of hydrogen-bond acceptors (Lipinski definition) is 3. The second kappa shape index (κ2) is 20.1. The third-order valence-corrected chi connectivity index (χ3v) is 37.4. The first-order valence-corrected chi connectivity index (χ1v) is 28.7. The molecular formula is C24H54O3SSn2. The Morgan fingerprint density at radius 3 is 0.833 bits per heavy atom. The van der Waals surface area contributed by atoms with Gasteiger partial charge in [0.2, 0.25) is 0 Å². The fourth-order valence-electron chi connectivity index (χ4n) is 4.30. The fraction of sp³-hybridized carbons (Fsp3) is 1.00. The molecule has 30 heavy (non-hydrogen) atoms. The Labute approximate surface area is 201 Å². The summed E-state index contributed by atoms with van der Waals surface area (Å²) in [7, 11) is 0. The zero-order valence-electron chi connectivity index (χ0n) is 21.4. The van der Waals surface area contributed by atoms with E-state index in [1.54, 1.807) is 0 Å². The summed E-state index contributed by atoms with van der Waals surface area (Å²) in [6.07, 6.45) is 14.6. The fourth-order valence-corrected chi connectivity index (χ4v) is 38.3. The molecule has 3 nitrogen and oxygen atoms in total. The van der Waals surface area contributed by atoms with Crippen molar-refractivity contribution in [3.05, 3.63) is 0 Å². The summed E-state index contributed by atoms with van der Waals surface area (Å²) in [4.78, 5) is 0. The van der Waals surface area contributed by atoms with Crippen molar-refractivity contribution in [1.82, 2.24) is 0 Å². The molecule has 0 N–H and O–H groups in total. The van der Waals surface area contributed by atoms with Gasteiger partial charge in [0.15, 0.2) is 0 Å². The number of hydrogen-bond donors (Lipinski definition) is 0. The van der Waals surface area contributed by atoms with E-state index in [1.807, 2.05) is 0 Å². The Balaban J connectivity index is 5.50. The van der Waals surface area contributed by atoms with E-state index in [9.17, 15) is 4.21 Å². The zero-order chi connectivity index (χ0) is 22.7. The summed E-state index contributed by atoms with van der Waals surface area (Å²) in [5.74, 6) is 0. The van der Waals surface area contributed by atoms with E-state index in [4.69, 9.17) is 5.04 Å². The van der Waals surface area contributed by atoms with Crippen LogP contribution in [0.3, 0.4) is 0 Å². The Morgan fingerprint density at radius 2 is 0.667 bits per heavy atom. The van der Waals surface area contributed by atoms with Crippen LogP contribution in [0, 0.1) is 0 Å². The van der Waals surface area contributed by atoms with Crippen LogP contribution in [0.15, 0.2) is 0 Å². The third-order valence-electron chi connectivity index (χ3n) is 6.41. The molecule has 0 saturated heterocycles. The van der Waals surface area contributed by atoms with Crippen molar-refractivity contribution in [3.63, 3.8) is 0 Å². The van der Waals surface area contributed by atoms with Gasteiger partial charge in [0, 0.05) is 0 Å². The SMILES string of the molecule is CCC[CH2][Sn]([CH2]CCC)([CH2]CCC)[O]S(=O)[O][Sn]([CH2]CCC)([CH2]CCC)[CH2]CCC. The molecule has 0 aromatic rings. The van der Waals surface area contributed by atoms with Gasteiger partial charge in [-0.3, -0.25) is 0 Å². The van der Waals surface area contributed by atoms with Crippen molar-refractivity contribution in [2.75, 3.05) is 0 Å². The van der Waals surface area contributed by atoms with E-state index in [2.05, 4.69) is 41.5 Å². The van der Waals surface area contributed by atoms with Gasteiger partial charge in [-0.25, -0.2) is 0 Å². The summed E-state index contributed by atoms with van der Waals surface area (Å²) in [6, 6.07) is 0. The van der Waals surface area contributed by atoms with Crippen LogP contribution >= 0.6 is 0 Å². The minimum absolute atomic E-state index is 1.21. The molecule has 0 aromatic heterocycles. The van der Waals surface area contributed by atoms with E-state index in [0.717, 1.165) is 0 Å². The van der Waals surface area contributed by atoms with Crippen molar-refractivity contribution >= 4 is 48.9 Å². The van der Waals surface area contributed by atoms with Crippen molar-refractivity contribution < 1.29 is 9.25 Å². The van der Waals surface area contributed by atoms with E-state index in [-0.39, 0.29) is 0 Å². The second-order valence-corrected chi connectivity index (χ2v) is 35.0. The molecule has 0 rings (SSSR count). The molecule has 0 amide bonds. The zero-order valence-corrected chi connectivity index (χ0v) is 27.9. The predicted molar refractivity (Wildman–Crippen MR) is 140 cm³/mol. The summed E-state index contributed by atoms with van der Waals surface area (Å²) >= 11 is -7.30. The Kier molecular flexibility index (Phi) is 21.2. The summed E-state index contributed by atoms with van der Waals surface area (Å²) in [6.45, 7) is 13.6. The normalized spacial score (nSPS) is 12.8. The Bertz CT molecular complexity index is 342. The van der Waals surface area contributed by atoms with Gasteiger partial charge in [0.05, 0.1) is 0 Å². The van der Waals surface area contributed by atoms with Crippen LogP contribution in [0.1, 0.15) is 119 Å². The van der Waals surface area contributed by atoms with Gasteiger partial charge in [-0.1, -0.05) is 0 Å². The van der Waals surface area contributed by atoms with E-state index in [0.29, 0.717) is 0 Å². The van der Waals surface area contributed by atoms with Crippen molar-refractivity contribution in [2.45, 2.75) is 145 Å². The Hall–Kier alpha value is 1.67. The summed E-state index contributed by atoms with van der Waals surface area (Å²) in [5.41, 5.74) is 0. The molecule has 0 radical (unpaired) electrons. The van der Waals surface area contributed by atoms with E-state index >= 15 is 0 Å². The molecule has 0 unspecified atom stereocenters. The molecule has 0 fully saturated rings. The molecule has 0 saturated carbocycles. The van der Waals surface area contributed by atoms with E-state index in [1.165, 1.54) is 104 Å². The number of unbranched alkanes of at least 4 members (excludes halogenated alkanes) is 6. The van der Waals surface area contributed by atoms with Crippen molar-refractivity contribution in [3.8, 4) is 0 Å². The maximum absolute atomic E-state index is 13.4. The van der Waals surface area contributed by atoms with Crippen molar-refractivity contribution in [1.29, 1.82) is 0 Å². The standard InChI is InChI=1S/6C4H9.H2O3S.2Sn/c6*1-3-4-2;1-4(2)3;;/h6*1,3-4H2,2H3;(H2,1,2,3);;/q;;;;;;;2*+1/p-2.